The van der Waals surface area contributed by atoms with Crippen LogP contribution in [0, 0.1) is 0 Å². The summed E-state index contributed by atoms with van der Waals surface area (Å²) >= 11 is 0. The highest BCUT2D eigenvalue weighted by atomic mass is 16.1. The Morgan fingerprint density at radius 1 is 1.27 bits per heavy atom. The van der Waals surface area contributed by atoms with Gasteiger partial charge in [0.2, 0.25) is 0 Å². The predicted molar refractivity (Wildman–Crippen MR) is 41.7 cm³/mol. The molecule has 0 bridgehead atoms. The van der Waals surface area contributed by atoms with Gasteiger partial charge in [0.15, 0.2) is 0 Å². The van der Waals surface area contributed by atoms with Crippen molar-refractivity contribution in [1.82, 2.24) is 15.7 Å². The number of benzene rings is 1. The van der Waals surface area contributed by atoms with E-state index in [1.54, 1.807) is 18.2 Å². The van der Waals surface area contributed by atoms with E-state index in [4.69, 9.17) is 5.73 Å². The number of H-pyrrole nitrogens is 2. The van der Waals surface area contributed by atoms with Crippen LogP contribution in [0.5, 0.6) is 0 Å². The van der Waals surface area contributed by atoms with E-state index in [2.05, 4.69) is 9.97 Å². The van der Waals surface area contributed by atoms with Crippen molar-refractivity contribution >= 4 is 16.7 Å². The van der Waals surface area contributed by atoms with Crippen LogP contribution in [0.1, 0.15) is 0 Å². The zero-order chi connectivity index (χ0) is 7.84. The molecule has 1 aromatic carbocycles. The minimum Gasteiger partial charge on any atom is -0.306 e. The van der Waals surface area contributed by atoms with E-state index < -0.39 is 0 Å². The van der Waals surface area contributed by atoms with Gasteiger partial charge in [-0.2, -0.15) is 0 Å². The van der Waals surface area contributed by atoms with Crippen molar-refractivity contribution in [2.24, 2.45) is 0 Å². The first-order chi connectivity index (χ1) is 5.27. The van der Waals surface area contributed by atoms with Gasteiger partial charge in [0.25, 0.3) is 0 Å². The van der Waals surface area contributed by atoms with Gasteiger partial charge in [-0.05, 0) is 12.1 Å². The molecule has 4 nitrogen and oxygen atoms in total. The Kier molecular flexibility index (Phi) is 1.03. The van der Waals surface area contributed by atoms with Gasteiger partial charge in [0.1, 0.15) is 0 Å². The maximum Gasteiger partial charge on any atom is 0.323 e. The normalized spacial score (nSPS) is 10.5. The van der Waals surface area contributed by atoms with Gasteiger partial charge in [0.05, 0.1) is 16.7 Å². The first kappa shape index (κ1) is 6.03. The lowest BCUT2D eigenvalue weighted by molar-refractivity contribution is 1.21. The lowest BCUT2D eigenvalue weighted by atomic mass is 10.3. The Morgan fingerprint density at radius 3 is 2.82 bits per heavy atom. The minimum atomic E-state index is -0.264. The van der Waals surface area contributed by atoms with Crippen LogP contribution in [0.25, 0.3) is 11.0 Å². The lowest BCUT2D eigenvalue weighted by Crippen LogP contribution is -1.99. The number of aromatic nitrogens is 2. The number of para-hydroxylation sites is 1. The monoisotopic (exact) mass is 148 g/mol. The van der Waals surface area contributed by atoms with Gasteiger partial charge in [-0.3, -0.25) is 5.73 Å². The smallest absolute Gasteiger partial charge is 0.306 e. The van der Waals surface area contributed by atoms with Crippen molar-refractivity contribution in [2.75, 3.05) is 0 Å². The van der Waals surface area contributed by atoms with E-state index in [1.165, 1.54) is 0 Å². The zero-order valence-electron chi connectivity index (χ0n) is 5.64. The first-order valence-corrected chi connectivity index (χ1v) is 3.20. The molecule has 0 saturated carbocycles. The highest BCUT2D eigenvalue weighted by Crippen LogP contribution is 2.15. The highest BCUT2D eigenvalue weighted by molar-refractivity contribution is 5.84. The fourth-order valence-corrected chi connectivity index (χ4v) is 1.06. The van der Waals surface area contributed by atoms with Crippen LogP contribution in [-0.2, 0) is 0 Å². The SMILES string of the molecule is [NH]c1cccc2[nH]c(=O)[nH]c12. The quantitative estimate of drug-likeness (QED) is 0.569. The molecule has 0 aliphatic rings. The second kappa shape index (κ2) is 1.88. The summed E-state index contributed by atoms with van der Waals surface area (Å²) in [6.07, 6.45) is 0. The molecule has 0 aliphatic heterocycles. The molecule has 0 atom stereocenters. The molecule has 1 heterocycles. The van der Waals surface area contributed by atoms with E-state index in [1.807, 2.05) is 0 Å². The Balaban J connectivity index is 3.01. The Bertz CT molecular complexity index is 440. The van der Waals surface area contributed by atoms with E-state index in [0.717, 1.165) is 0 Å². The van der Waals surface area contributed by atoms with Crippen LogP contribution < -0.4 is 11.4 Å². The number of hydrogen-bond acceptors (Lipinski definition) is 1. The minimum absolute atomic E-state index is 0.264. The summed E-state index contributed by atoms with van der Waals surface area (Å²) < 4.78 is 0. The number of imidazole rings is 1. The molecule has 2 rings (SSSR count). The Hall–Kier alpha value is -1.71. The summed E-state index contributed by atoms with van der Waals surface area (Å²) in [5, 5.41) is 0. The average molecular weight is 148 g/mol. The molecule has 0 unspecified atom stereocenters. The third-order valence-electron chi connectivity index (χ3n) is 1.55. The molecule has 55 valence electrons. The maximum atomic E-state index is 10.7. The van der Waals surface area contributed by atoms with Crippen molar-refractivity contribution in [2.45, 2.75) is 0 Å². The topological polar surface area (TPSA) is 72.5 Å². The molecule has 1 radical (unpaired) electrons. The number of hydrogen-bond donors (Lipinski definition) is 2. The summed E-state index contributed by atoms with van der Waals surface area (Å²) in [5.74, 6) is 0. The van der Waals surface area contributed by atoms with Crippen molar-refractivity contribution in [3.63, 3.8) is 0 Å². The van der Waals surface area contributed by atoms with Gasteiger partial charge in [0, 0.05) is 0 Å². The first-order valence-electron chi connectivity index (χ1n) is 3.20. The van der Waals surface area contributed by atoms with Crippen LogP contribution in [0.2, 0.25) is 0 Å². The van der Waals surface area contributed by atoms with E-state index in [9.17, 15) is 4.79 Å². The maximum absolute atomic E-state index is 10.7. The van der Waals surface area contributed by atoms with E-state index >= 15 is 0 Å². The van der Waals surface area contributed by atoms with E-state index in [-0.39, 0.29) is 5.69 Å². The number of fused-ring (bicyclic) bond motifs is 1. The second-order valence-corrected chi connectivity index (χ2v) is 2.31. The highest BCUT2D eigenvalue weighted by Gasteiger charge is 1.99. The molecule has 0 saturated heterocycles. The molecule has 11 heavy (non-hydrogen) atoms. The summed E-state index contributed by atoms with van der Waals surface area (Å²) in [4.78, 5) is 15.8. The molecular formula is C7H6N3O. The van der Waals surface area contributed by atoms with Gasteiger partial charge in [-0.1, -0.05) is 6.07 Å². The molecule has 0 aliphatic carbocycles. The van der Waals surface area contributed by atoms with Crippen LogP contribution in [-0.4, -0.2) is 9.97 Å². The fraction of sp³-hybridized carbons (Fsp3) is 0. The fourth-order valence-electron chi connectivity index (χ4n) is 1.06. The predicted octanol–water partition coefficient (Wildman–Crippen LogP) is 0.771. The third-order valence-corrected chi connectivity index (χ3v) is 1.55. The Morgan fingerprint density at radius 2 is 2.09 bits per heavy atom. The van der Waals surface area contributed by atoms with Gasteiger partial charge < -0.3 is 9.97 Å². The van der Waals surface area contributed by atoms with Crippen LogP contribution in [0.3, 0.4) is 0 Å². The van der Waals surface area contributed by atoms with Gasteiger partial charge >= 0.3 is 5.69 Å². The van der Waals surface area contributed by atoms with Gasteiger partial charge in [-0.15, -0.1) is 0 Å². The van der Waals surface area contributed by atoms with Crippen molar-refractivity contribution in [3.8, 4) is 0 Å². The molecular weight excluding hydrogens is 142 g/mol. The molecule has 2 aromatic rings. The van der Waals surface area contributed by atoms with Crippen LogP contribution in [0.4, 0.5) is 5.69 Å². The summed E-state index contributed by atoms with van der Waals surface area (Å²) in [6.45, 7) is 0. The summed E-state index contributed by atoms with van der Waals surface area (Å²) in [6, 6.07) is 5.12. The van der Waals surface area contributed by atoms with Crippen LogP contribution in [0.15, 0.2) is 23.0 Å². The Labute approximate surface area is 62.0 Å². The van der Waals surface area contributed by atoms with Gasteiger partial charge in [-0.25, -0.2) is 4.79 Å². The molecule has 3 N–H and O–H groups in total. The number of rotatable bonds is 0. The number of aromatic amines is 2. The van der Waals surface area contributed by atoms with Crippen LogP contribution >= 0.6 is 0 Å². The van der Waals surface area contributed by atoms with E-state index in [0.29, 0.717) is 16.7 Å². The molecule has 0 amide bonds. The molecule has 0 spiro atoms. The largest absolute Gasteiger partial charge is 0.323 e. The van der Waals surface area contributed by atoms with Crippen molar-refractivity contribution < 1.29 is 0 Å². The average Bonchev–Trinajstić information content (AvgIpc) is 2.31. The molecule has 4 heteroatoms. The van der Waals surface area contributed by atoms with Crippen molar-refractivity contribution in [1.29, 1.82) is 0 Å². The third kappa shape index (κ3) is 0.797. The lowest BCUT2D eigenvalue weighted by Gasteiger charge is -1.89. The summed E-state index contributed by atoms with van der Waals surface area (Å²) in [5.41, 5.74) is 8.71. The molecule has 1 aromatic heterocycles. The standard InChI is InChI=1S/C7H6N3O/c8-4-2-1-3-5-6(4)10-7(11)9-5/h1-3,8H,(H2,9,10,11). The van der Waals surface area contributed by atoms with Crippen molar-refractivity contribution in [3.05, 3.63) is 28.7 Å². The molecule has 0 fully saturated rings. The summed E-state index contributed by atoms with van der Waals surface area (Å²) in [7, 11) is 0. The number of nitrogens with one attached hydrogen (secondary N) is 3. The second-order valence-electron chi connectivity index (χ2n) is 2.31. The zero-order valence-corrected chi connectivity index (χ0v) is 5.64.